The number of hydrogen-bond donors (Lipinski definition) is 0. The molecule has 3 aromatic heterocycles. The highest BCUT2D eigenvalue weighted by Gasteiger charge is 2.12. The Labute approximate surface area is 135 Å². The lowest BCUT2D eigenvalue weighted by Gasteiger charge is -2.11. The van der Waals surface area contributed by atoms with Crippen LogP contribution in [0.5, 0.6) is 11.5 Å². The van der Waals surface area contributed by atoms with Crippen molar-refractivity contribution in [2.24, 2.45) is 0 Å². The van der Waals surface area contributed by atoms with Crippen LogP contribution in [0.2, 0.25) is 0 Å². The molecule has 9 nitrogen and oxygen atoms in total. The van der Waals surface area contributed by atoms with Crippen molar-refractivity contribution in [1.82, 2.24) is 29.4 Å². The lowest BCUT2D eigenvalue weighted by Crippen LogP contribution is -2.20. The third-order valence-corrected chi connectivity index (χ3v) is 3.66. The molecule has 0 amide bonds. The van der Waals surface area contributed by atoms with Crippen LogP contribution >= 0.6 is 0 Å². The van der Waals surface area contributed by atoms with Crippen LogP contribution in [0.25, 0.3) is 22.5 Å². The Morgan fingerprint density at radius 3 is 2.50 bits per heavy atom. The average molecular weight is 324 g/mol. The van der Waals surface area contributed by atoms with Gasteiger partial charge in [-0.3, -0.25) is 9.36 Å². The Balaban J connectivity index is 1.99. The van der Waals surface area contributed by atoms with Gasteiger partial charge in [0.1, 0.15) is 23.3 Å². The van der Waals surface area contributed by atoms with Crippen molar-refractivity contribution in [3.8, 4) is 17.2 Å². The number of fused-ring (bicyclic) bond motifs is 3. The number of aromatic nitrogens is 6. The fraction of sp³-hybridized carbons (Fsp3) is 0.133. The Morgan fingerprint density at radius 1 is 1.04 bits per heavy atom. The minimum atomic E-state index is -0.326. The molecule has 3 heterocycles. The second-order valence-corrected chi connectivity index (χ2v) is 4.97. The summed E-state index contributed by atoms with van der Waals surface area (Å²) in [6, 6.07) is 6.93. The van der Waals surface area contributed by atoms with Crippen molar-refractivity contribution < 1.29 is 9.47 Å². The summed E-state index contributed by atoms with van der Waals surface area (Å²) in [4.78, 5) is 16.8. The zero-order valence-corrected chi connectivity index (χ0v) is 12.9. The molecular formula is C15H12N6O3. The monoisotopic (exact) mass is 324 g/mol. The quantitative estimate of drug-likeness (QED) is 0.551. The molecule has 0 radical (unpaired) electrons. The maximum atomic E-state index is 12.8. The normalized spacial score (nSPS) is 11.1. The Morgan fingerprint density at radius 2 is 1.79 bits per heavy atom. The van der Waals surface area contributed by atoms with Crippen molar-refractivity contribution in [2.45, 2.75) is 0 Å². The third-order valence-electron chi connectivity index (χ3n) is 3.66. The van der Waals surface area contributed by atoms with E-state index in [-0.39, 0.29) is 11.1 Å². The predicted octanol–water partition coefficient (Wildman–Crippen LogP) is 0.841. The standard InChI is InChI=1S/C15H12N6O3/c1-23-10-5-9(6-11(7-10)24-2)20-4-3-12-13(14(20)22)18-19-15-16-8-17-21(12)15/h3-8H,1-2H3. The van der Waals surface area contributed by atoms with E-state index in [1.807, 2.05) is 0 Å². The van der Waals surface area contributed by atoms with Gasteiger partial charge in [0, 0.05) is 24.4 Å². The summed E-state index contributed by atoms with van der Waals surface area (Å²) in [6.07, 6.45) is 3.00. The minimum Gasteiger partial charge on any atom is -0.497 e. The summed E-state index contributed by atoms with van der Waals surface area (Å²) in [7, 11) is 3.10. The topological polar surface area (TPSA) is 96.4 Å². The van der Waals surface area contributed by atoms with Gasteiger partial charge in [-0.25, -0.2) is 0 Å². The number of pyridine rings is 1. The maximum Gasteiger partial charge on any atom is 0.285 e. The lowest BCUT2D eigenvalue weighted by atomic mass is 10.2. The molecule has 4 rings (SSSR count). The van der Waals surface area contributed by atoms with Gasteiger partial charge in [-0.15, -0.1) is 10.2 Å². The third kappa shape index (κ3) is 2.06. The molecule has 9 heteroatoms. The zero-order chi connectivity index (χ0) is 16.7. The van der Waals surface area contributed by atoms with Crippen LogP contribution in [0.4, 0.5) is 0 Å². The molecule has 0 aliphatic carbocycles. The second kappa shape index (κ2) is 5.30. The van der Waals surface area contributed by atoms with E-state index >= 15 is 0 Å². The summed E-state index contributed by atoms with van der Waals surface area (Å²) in [5.41, 5.74) is 0.997. The highest BCUT2D eigenvalue weighted by Crippen LogP contribution is 2.24. The molecule has 0 unspecified atom stereocenters. The fourth-order valence-corrected chi connectivity index (χ4v) is 2.48. The SMILES string of the molecule is COc1cc(OC)cc(-n2ccc3c(nnc4ncnn43)c2=O)c1. The van der Waals surface area contributed by atoms with E-state index in [9.17, 15) is 4.79 Å². The molecule has 120 valence electrons. The molecule has 0 atom stereocenters. The molecule has 4 aromatic rings. The van der Waals surface area contributed by atoms with Gasteiger partial charge in [0.25, 0.3) is 11.3 Å². The van der Waals surface area contributed by atoms with E-state index in [4.69, 9.17) is 9.47 Å². The van der Waals surface area contributed by atoms with Crippen LogP contribution in [-0.4, -0.2) is 43.6 Å². The first-order valence-corrected chi connectivity index (χ1v) is 7.02. The molecule has 0 aliphatic heterocycles. The summed E-state index contributed by atoms with van der Waals surface area (Å²) >= 11 is 0. The van der Waals surface area contributed by atoms with Gasteiger partial charge in [-0.05, 0) is 6.07 Å². The van der Waals surface area contributed by atoms with Crippen molar-refractivity contribution in [3.63, 3.8) is 0 Å². The molecule has 0 saturated carbocycles. The average Bonchev–Trinajstić information content (AvgIpc) is 3.10. The molecule has 0 saturated heterocycles. The van der Waals surface area contributed by atoms with Crippen molar-refractivity contribution in [1.29, 1.82) is 0 Å². The van der Waals surface area contributed by atoms with Crippen LogP contribution < -0.4 is 15.0 Å². The van der Waals surface area contributed by atoms with E-state index in [2.05, 4.69) is 20.3 Å². The molecule has 24 heavy (non-hydrogen) atoms. The number of benzene rings is 1. The first-order chi connectivity index (χ1) is 11.7. The predicted molar refractivity (Wildman–Crippen MR) is 84.8 cm³/mol. The Kier molecular flexibility index (Phi) is 3.12. The molecule has 1 aromatic carbocycles. The van der Waals surface area contributed by atoms with Crippen molar-refractivity contribution in [3.05, 3.63) is 47.1 Å². The number of ether oxygens (including phenoxy) is 2. The van der Waals surface area contributed by atoms with Gasteiger partial charge in [-0.2, -0.15) is 14.6 Å². The highest BCUT2D eigenvalue weighted by molar-refractivity contribution is 5.74. The molecule has 0 fully saturated rings. The maximum absolute atomic E-state index is 12.8. The molecule has 0 bridgehead atoms. The molecular weight excluding hydrogens is 312 g/mol. The van der Waals surface area contributed by atoms with Gasteiger partial charge in [0.2, 0.25) is 0 Å². The van der Waals surface area contributed by atoms with E-state index in [0.29, 0.717) is 28.5 Å². The van der Waals surface area contributed by atoms with Crippen LogP contribution in [-0.2, 0) is 0 Å². The largest absolute Gasteiger partial charge is 0.497 e. The Hall–Kier alpha value is -3.49. The van der Waals surface area contributed by atoms with Gasteiger partial charge in [-0.1, -0.05) is 0 Å². The second-order valence-electron chi connectivity index (χ2n) is 4.97. The molecule has 0 aliphatic rings. The summed E-state index contributed by atoms with van der Waals surface area (Å²) < 4.78 is 13.4. The first kappa shape index (κ1) is 14.1. The van der Waals surface area contributed by atoms with Gasteiger partial charge >= 0.3 is 0 Å². The van der Waals surface area contributed by atoms with Crippen molar-refractivity contribution in [2.75, 3.05) is 14.2 Å². The minimum absolute atomic E-state index is 0.192. The van der Waals surface area contributed by atoms with Crippen molar-refractivity contribution >= 4 is 16.8 Å². The number of hydrogen-bond acceptors (Lipinski definition) is 7. The zero-order valence-electron chi connectivity index (χ0n) is 12.9. The lowest BCUT2D eigenvalue weighted by molar-refractivity contribution is 0.394. The first-order valence-electron chi connectivity index (χ1n) is 7.02. The summed E-state index contributed by atoms with van der Waals surface area (Å²) in [5, 5.41) is 12.0. The van der Waals surface area contributed by atoms with E-state index < -0.39 is 0 Å². The Bertz CT molecular complexity index is 1100. The van der Waals surface area contributed by atoms with Crippen LogP contribution in [0.1, 0.15) is 0 Å². The van der Waals surface area contributed by atoms with Gasteiger partial charge < -0.3 is 9.47 Å². The van der Waals surface area contributed by atoms with Gasteiger partial charge in [0.15, 0.2) is 5.52 Å². The summed E-state index contributed by atoms with van der Waals surface area (Å²) in [6.45, 7) is 0. The van der Waals surface area contributed by atoms with Gasteiger partial charge in [0.05, 0.1) is 19.9 Å². The number of methoxy groups -OCH3 is 2. The fourth-order valence-electron chi connectivity index (χ4n) is 2.48. The van der Waals surface area contributed by atoms with Crippen LogP contribution in [0.3, 0.4) is 0 Å². The van der Waals surface area contributed by atoms with E-state index in [1.165, 1.54) is 15.4 Å². The number of rotatable bonds is 3. The number of nitrogens with zero attached hydrogens (tertiary/aromatic N) is 6. The van der Waals surface area contributed by atoms with Crippen LogP contribution in [0, 0.1) is 0 Å². The van der Waals surface area contributed by atoms with Crippen LogP contribution in [0.15, 0.2) is 41.6 Å². The van der Waals surface area contributed by atoms with E-state index in [0.717, 1.165) is 0 Å². The summed E-state index contributed by atoms with van der Waals surface area (Å²) in [5.74, 6) is 1.49. The molecule has 0 spiro atoms. The molecule has 0 N–H and O–H groups in total. The van der Waals surface area contributed by atoms with E-state index in [1.54, 1.807) is 44.7 Å². The smallest absolute Gasteiger partial charge is 0.285 e. The highest BCUT2D eigenvalue weighted by atomic mass is 16.5.